The van der Waals surface area contributed by atoms with Crippen LogP contribution in [-0.2, 0) is 17.0 Å². The standard InChI is InChI=1S/C16H20N6O2S3/c1-8(2)5-11-21-22-12(23)6-10(17-15(22)26-11)7-25-16-20-19-14(27-16)18-13(24)9(3)4/h6,8-9H,5,7H2,1-4H3,(H,18,19,24). The molecule has 0 radical (unpaired) electrons. The summed E-state index contributed by atoms with van der Waals surface area (Å²) in [6.07, 6.45) is 0.827. The van der Waals surface area contributed by atoms with E-state index >= 15 is 0 Å². The van der Waals surface area contributed by atoms with Gasteiger partial charge in [-0.3, -0.25) is 9.59 Å². The van der Waals surface area contributed by atoms with E-state index in [0.717, 1.165) is 11.4 Å². The predicted molar refractivity (Wildman–Crippen MR) is 109 cm³/mol. The third-order valence-electron chi connectivity index (χ3n) is 3.43. The highest BCUT2D eigenvalue weighted by Crippen LogP contribution is 2.28. The quantitative estimate of drug-likeness (QED) is 0.459. The van der Waals surface area contributed by atoms with E-state index in [2.05, 4.69) is 39.4 Å². The summed E-state index contributed by atoms with van der Waals surface area (Å²) in [5, 5.41) is 16.5. The van der Waals surface area contributed by atoms with Crippen molar-refractivity contribution < 1.29 is 4.79 Å². The highest BCUT2D eigenvalue weighted by molar-refractivity contribution is 8.00. The molecule has 0 unspecified atom stereocenters. The van der Waals surface area contributed by atoms with Crippen molar-refractivity contribution in [1.29, 1.82) is 0 Å². The second-order valence-electron chi connectivity index (χ2n) is 6.68. The zero-order valence-electron chi connectivity index (χ0n) is 15.4. The van der Waals surface area contributed by atoms with E-state index in [4.69, 9.17) is 0 Å². The van der Waals surface area contributed by atoms with Crippen LogP contribution in [0.2, 0.25) is 0 Å². The number of nitrogens with one attached hydrogen (secondary N) is 1. The SMILES string of the molecule is CC(C)Cc1nn2c(=O)cc(CSc3nnc(NC(=O)C(C)C)s3)nc2s1. The summed E-state index contributed by atoms with van der Waals surface area (Å²) in [5.74, 6) is 0.758. The minimum atomic E-state index is -0.177. The Morgan fingerprint density at radius 3 is 2.74 bits per heavy atom. The first kappa shape index (κ1) is 19.9. The first-order valence-electron chi connectivity index (χ1n) is 8.47. The number of thioether (sulfide) groups is 1. The number of carbonyl (C=O) groups excluding carboxylic acids is 1. The molecule has 1 N–H and O–H groups in total. The fourth-order valence-electron chi connectivity index (χ4n) is 2.11. The smallest absolute Gasteiger partial charge is 0.275 e. The molecule has 11 heteroatoms. The Balaban J connectivity index is 1.69. The maximum absolute atomic E-state index is 12.3. The number of fused-ring (bicyclic) bond motifs is 1. The molecule has 0 atom stereocenters. The van der Waals surface area contributed by atoms with Crippen LogP contribution in [0.5, 0.6) is 0 Å². The van der Waals surface area contributed by atoms with Gasteiger partial charge in [-0.1, -0.05) is 62.1 Å². The van der Waals surface area contributed by atoms with E-state index < -0.39 is 0 Å². The molecule has 3 aromatic heterocycles. The summed E-state index contributed by atoms with van der Waals surface area (Å²) in [5.41, 5.74) is 0.497. The molecule has 0 aliphatic heterocycles. The monoisotopic (exact) mass is 424 g/mol. The van der Waals surface area contributed by atoms with Crippen LogP contribution >= 0.6 is 34.4 Å². The number of anilines is 1. The fraction of sp³-hybridized carbons (Fsp3) is 0.500. The van der Waals surface area contributed by atoms with Gasteiger partial charge in [0, 0.05) is 24.2 Å². The highest BCUT2D eigenvalue weighted by Gasteiger charge is 2.13. The molecular formula is C16H20N6O2S3. The maximum atomic E-state index is 12.3. The number of aromatic nitrogens is 5. The Kier molecular flexibility index (Phi) is 6.22. The summed E-state index contributed by atoms with van der Waals surface area (Å²) in [4.78, 5) is 29.1. The van der Waals surface area contributed by atoms with Gasteiger partial charge in [0.25, 0.3) is 5.56 Å². The van der Waals surface area contributed by atoms with Crippen LogP contribution in [0.15, 0.2) is 15.2 Å². The van der Waals surface area contributed by atoms with E-state index in [1.807, 2.05) is 13.8 Å². The lowest BCUT2D eigenvalue weighted by Gasteiger charge is -2.02. The number of hydrogen-bond acceptors (Lipinski definition) is 9. The molecule has 3 rings (SSSR count). The number of carbonyl (C=O) groups is 1. The lowest BCUT2D eigenvalue weighted by molar-refractivity contribution is -0.118. The number of amides is 1. The Morgan fingerprint density at radius 1 is 1.26 bits per heavy atom. The summed E-state index contributed by atoms with van der Waals surface area (Å²) in [6.45, 7) is 7.87. The largest absolute Gasteiger partial charge is 0.300 e. The van der Waals surface area contributed by atoms with Crippen molar-refractivity contribution in [3.63, 3.8) is 0 Å². The van der Waals surface area contributed by atoms with Gasteiger partial charge in [-0.05, 0) is 5.92 Å². The van der Waals surface area contributed by atoms with Gasteiger partial charge in [0.1, 0.15) is 5.01 Å². The molecule has 0 aliphatic carbocycles. The van der Waals surface area contributed by atoms with Crippen molar-refractivity contribution in [3.05, 3.63) is 27.1 Å². The zero-order chi connectivity index (χ0) is 19.6. The van der Waals surface area contributed by atoms with Crippen LogP contribution in [-0.4, -0.2) is 30.7 Å². The fourth-order valence-corrected chi connectivity index (χ4v) is 4.88. The normalized spacial score (nSPS) is 11.6. The minimum Gasteiger partial charge on any atom is -0.300 e. The van der Waals surface area contributed by atoms with Crippen molar-refractivity contribution >= 4 is 50.4 Å². The molecular weight excluding hydrogens is 404 g/mol. The Morgan fingerprint density at radius 2 is 2.04 bits per heavy atom. The maximum Gasteiger partial charge on any atom is 0.275 e. The average Bonchev–Trinajstić information content (AvgIpc) is 3.19. The molecule has 0 bridgehead atoms. The van der Waals surface area contributed by atoms with Gasteiger partial charge in [-0.25, -0.2) is 4.98 Å². The molecule has 8 nitrogen and oxygen atoms in total. The van der Waals surface area contributed by atoms with Crippen LogP contribution in [0.25, 0.3) is 4.96 Å². The van der Waals surface area contributed by atoms with Crippen molar-refractivity contribution in [3.8, 4) is 0 Å². The van der Waals surface area contributed by atoms with Gasteiger partial charge in [-0.15, -0.1) is 10.2 Å². The van der Waals surface area contributed by atoms with Gasteiger partial charge in [0.15, 0.2) is 4.34 Å². The predicted octanol–water partition coefficient (Wildman–Crippen LogP) is 3.09. The lowest BCUT2D eigenvalue weighted by atomic mass is 10.1. The van der Waals surface area contributed by atoms with Crippen LogP contribution in [0.4, 0.5) is 5.13 Å². The van der Waals surface area contributed by atoms with Crippen molar-refractivity contribution in [2.75, 3.05) is 5.32 Å². The van der Waals surface area contributed by atoms with Crippen LogP contribution in [0, 0.1) is 11.8 Å². The molecule has 0 aliphatic rings. The molecule has 0 saturated carbocycles. The number of rotatable bonds is 7. The summed E-state index contributed by atoms with van der Waals surface area (Å²) >= 11 is 4.18. The van der Waals surface area contributed by atoms with Crippen molar-refractivity contribution in [2.45, 2.75) is 44.2 Å². The van der Waals surface area contributed by atoms with E-state index in [1.54, 1.807) is 0 Å². The van der Waals surface area contributed by atoms with Gasteiger partial charge < -0.3 is 5.32 Å². The Bertz CT molecular complexity index is 1010. The second-order valence-corrected chi connectivity index (χ2v) is 9.92. The van der Waals surface area contributed by atoms with Gasteiger partial charge in [0.2, 0.25) is 16.0 Å². The molecule has 3 aromatic rings. The van der Waals surface area contributed by atoms with Crippen LogP contribution < -0.4 is 10.9 Å². The third-order valence-corrected chi connectivity index (χ3v) is 6.36. The highest BCUT2D eigenvalue weighted by atomic mass is 32.2. The van der Waals surface area contributed by atoms with E-state index in [9.17, 15) is 9.59 Å². The molecule has 0 fully saturated rings. The Labute approximate surface area is 168 Å². The first-order chi connectivity index (χ1) is 12.8. The molecule has 27 heavy (non-hydrogen) atoms. The lowest BCUT2D eigenvalue weighted by Crippen LogP contribution is -2.17. The molecule has 0 saturated heterocycles. The van der Waals surface area contributed by atoms with Crippen LogP contribution in [0.3, 0.4) is 0 Å². The van der Waals surface area contributed by atoms with Gasteiger partial charge >= 0.3 is 0 Å². The number of nitrogens with zero attached hydrogens (tertiary/aromatic N) is 5. The Hall–Kier alpha value is -1.85. The topological polar surface area (TPSA) is 102 Å². The van der Waals surface area contributed by atoms with Gasteiger partial charge in [-0.2, -0.15) is 9.61 Å². The molecule has 0 spiro atoms. The summed E-state index contributed by atoms with van der Waals surface area (Å²) in [6, 6.07) is 1.50. The van der Waals surface area contributed by atoms with Crippen molar-refractivity contribution in [1.82, 2.24) is 24.8 Å². The third kappa shape index (κ3) is 5.11. The minimum absolute atomic E-state index is 0.0924. The van der Waals surface area contributed by atoms with Gasteiger partial charge in [0.05, 0.1) is 5.69 Å². The average molecular weight is 425 g/mol. The molecule has 144 valence electrons. The number of hydrogen-bond donors (Lipinski definition) is 1. The van der Waals surface area contributed by atoms with Crippen LogP contribution in [0.1, 0.15) is 38.4 Å². The van der Waals surface area contributed by atoms with E-state index in [-0.39, 0.29) is 17.4 Å². The van der Waals surface area contributed by atoms with E-state index in [1.165, 1.54) is 45.0 Å². The summed E-state index contributed by atoms with van der Waals surface area (Å²) < 4.78 is 2.07. The summed E-state index contributed by atoms with van der Waals surface area (Å²) in [7, 11) is 0. The van der Waals surface area contributed by atoms with Crippen molar-refractivity contribution in [2.24, 2.45) is 11.8 Å². The second kappa shape index (κ2) is 8.44. The first-order valence-corrected chi connectivity index (χ1v) is 11.1. The van der Waals surface area contributed by atoms with E-state index in [0.29, 0.717) is 31.8 Å². The molecule has 3 heterocycles. The molecule has 0 aromatic carbocycles. The molecule has 1 amide bonds. The zero-order valence-corrected chi connectivity index (χ0v) is 17.9.